The zero-order chi connectivity index (χ0) is 12.3. The Bertz CT molecular complexity index is 467. The molecule has 1 unspecified atom stereocenters. The van der Waals surface area contributed by atoms with Gasteiger partial charge >= 0.3 is 10.4 Å². The number of phenols is 1. The number of aliphatic hydroxyl groups excluding tert-OH is 2. The Morgan fingerprint density at radius 1 is 1.38 bits per heavy atom. The Labute approximate surface area is 91.5 Å². The van der Waals surface area contributed by atoms with Gasteiger partial charge in [0.1, 0.15) is 6.10 Å². The van der Waals surface area contributed by atoms with Crippen molar-refractivity contribution in [3.05, 3.63) is 23.8 Å². The Morgan fingerprint density at radius 2 is 2.00 bits per heavy atom. The van der Waals surface area contributed by atoms with Gasteiger partial charge in [0.25, 0.3) is 0 Å². The van der Waals surface area contributed by atoms with Gasteiger partial charge in [-0.3, -0.25) is 4.55 Å². The number of aromatic hydroxyl groups is 1. The fourth-order valence-electron chi connectivity index (χ4n) is 1.03. The molecule has 8 heteroatoms. The molecule has 0 radical (unpaired) electrons. The molecule has 0 spiro atoms. The van der Waals surface area contributed by atoms with Crippen molar-refractivity contribution < 1.29 is 32.5 Å². The molecule has 0 aliphatic rings. The van der Waals surface area contributed by atoms with Crippen LogP contribution in [0.1, 0.15) is 11.7 Å². The predicted molar refractivity (Wildman–Crippen MR) is 52.3 cm³/mol. The van der Waals surface area contributed by atoms with Crippen LogP contribution in [-0.2, 0) is 10.4 Å². The highest BCUT2D eigenvalue weighted by molar-refractivity contribution is 7.81. The summed E-state index contributed by atoms with van der Waals surface area (Å²) in [5.41, 5.74) is 0.183. The molecule has 0 aliphatic heterocycles. The number of hydrogen-bond donors (Lipinski definition) is 4. The molecule has 90 valence electrons. The highest BCUT2D eigenvalue weighted by atomic mass is 32.3. The van der Waals surface area contributed by atoms with Gasteiger partial charge in [0.2, 0.25) is 0 Å². The molecule has 0 heterocycles. The standard InChI is InChI=1S/C8H10O7S/c9-4-7(11)5-1-2-8(6(10)3-5)15-16(12,13)14/h1-3,7,9-11H,4H2,(H,12,13,14). The van der Waals surface area contributed by atoms with Gasteiger partial charge in [0, 0.05) is 0 Å². The van der Waals surface area contributed by atoms with Crippen LogP contribution < -0.4 is 4.18 Å². The van der Waals surface area contributed by atoms with E-state index < -0.39 is 34.6 Å². The van der Waals surface area contributed by atoms with Gasteiger partial charge in [-0.05, 0) is 17.7 Å². The average Bonchev–Trinajstić information content (AvgIpc) is 2.18. The third-order valence-electron chi connectivity index (χ3n) is 1.74. The van der Waals surface area contributed by atoms with E-state index >= 15 is 0 Å². The molecular weight excluding hydrogens is 240 g/mol. The lowest BCUT2D eigenvalue weighted by Crippen LogP contribution is -2.07. The normalized spacial score (nSPS) is 13.4. The maximum Gasteiger partial charge on any atom is 0.446 e. The van der Waals surface area contributed by atoms with Crippen molar-refractivity contribution in [2.75, 3.05) is 6.61 Å². The molecule has 7 nitrogen and oxygen atoms in total. The second-order valence-corrected chi connectivity index (χ2v) is 3.96. The quantitative estimate of drug-likeness (QED) is 0.536. The van der Waals surface area contributed by atoms with E-state index in [1.54, 1.807) is 0 Å². The molecule has 0 aromatic heterocycles. The second kappa shape index (κ2) is 4.66. The molecule has 1 atom stereocenters. The molecule has 1 aromatic rings. The molecule has 0 saturated carbocycles. The molecular formula is C8H10O7S. The number of phenolic OH excluding ortho intramolecular Hbond substituents is 1. The van der Waals surface area contributed by atoms with E-state index in [9.17, 15) is 18.6 Å². The highest BCUT2D eigenvalue weighted by Gasteiger charge is 2.14. The lowest BCUT2D eigenvalue weighted by Gasteiger charge is -2.09. The van der Waals surface area contributed by atoms with E-state index in [-0.39, 0.29) is 5.56 Å². The molecule has 0 amide bonds. The largest absolute Gasteiger partial charge is 0.504 e. The van der Waals surface area contributed by atoms with E-state index in [0.717, 1.165) is 12.1 Å². The second-order valence-electron chi connectivity index (χ2n) is 2.94. The minimum Gasteiger partial charge on any atom is -0.504 e. The van der Waals surface area contributed by atoms with Gasteiger partial charge in [-0.1, -0.05) is 6.07 Å². The molecule has 0 fully saturated rings. The van der Waals surface area contributed by atoms with Crippen molar-refractivity contribution in [1.82, 2.24) is 0 Å². The first-order valence-electron chi connectivity index (χ1n) is 4.12. The molecule has 4 N–H and O–H groups in total. The zero-order valence-electron chi connectivity index (χ0n) is 7.94. The summed E-state index contributed by atoms with van der Waals surface area (Å²) >= 11 is 0. The van der Waals surface area contributed by atoms with E-state index in [4.69, 9.17) is 9.66 Å². The highest BCUT2D eigenvalue weighted by Crippen LogP contribution is 2.29. The Balaban J connectivity index is 3.01. The summed E-state index contributed by atoms with van der Waals surface area (Å²) in [5.74, 6) is -1.06. The van der Waals surface area contributed by atoms with Crippen molar-refractivity contribution in [1.29, 1.82) is 0 Å². The molecule has 0 saturated heterocycles. The molecule has 1 aromatic carbocycles. The summed E-state index contributed by atoms with van der Waals surface area (Å²) in [6, 6.07) is 3.29. The Hall–Kier alpha value is -1.35. The predicted octanol–water partition coefficient (Wildman–Crippen LogP) is -0.401. The third kappa shape index (κ3) is 3.35. The van der Waals surface area contributed by atoms with Crippen LogP contribution in [0.2, 0.25) is 0 Å². The number of hydrogen-bond acceptors (Lipinski definition) is 6. The zero-order valence-corrected chi connectivity index (χ0v) is 8.75. The van der Waals surface area contributed by atoms with Crippen LogP contribution in [0.25, 0.3) is 0 Å². The number of benzene rings is 1. The summed E-state index contributed by atoms with van der Waals surface area (Å²) in [5, 5.41) is 27.1. The maximum atomic E-state index is 10.4. The summed E-state index contributed by atoms with van der Waals surface area (Å²) in [4.78, 5) is 0. The first-order valence-corrected chi connectivity index (χ1v) is 5.48. The van der Waals surface area contributed by atoms with Gasteiger partial charge in [0.15, 0.2) is 11.5 Å². The van der Waals surface area contributed by atoms with Crippen molar-refractivity contribution in [3.8, 4) is 11.5 Å². The fourth-order valence-corrected chi connectivity index (χ4v) is 1.40. The monoisotopic (exact) mass is 250 g/mol. The topological polar surface area (TPSA) is 124 Å². The van der Waals surface area contributed by atoms with Crippen molar-refractivity contribution >= 4 is 10.4 Å². The van der Waals surface area contributed by atoms with Crippen LogP contribution in [-0.4, -0.2) is 34.9 Å². The van der Waals surface area contributed by atoms with Crippen LogP contribution >= 0.6 is 0 Å². The van der Waals surface area contributed by atoms with Crippen LogP contribution in [0.5, 0.6) is 11.5 Å². The Morgan fingerprint density at radius 3 is 2.44 bits per heavy atom. The first kappa shape index (κ1) is 12.7. The van der Waals surface area contributed by atoms with E-state index in [0.29, 0.717) is 0 Å². The van der Waals surface area contributed by atoms with Crippen LogP contribution in [0.4, 0.5) is 0 Å². The number of rotatable bonds is 4. The SMILES string of the molecule is O=S(=O)(O)Oc1ccc(C(O)CO)cc1O. The summed E-state index contributed by atoms with van der Waals surface area (Å²) in [6.07, 6.45) is -1.19. The van der Waals surface area contributed by atoms with Gasteiger partial charge in [-0.2, -0.15) is 8.42 Å². The van der Waals surface area contributed by atoms with Crippen molar-refractivity contribution in [2.24, 2.45) is 0 Å². The van der Waals surface area contributed by atoms with Crippen molar-refractivity contribution in [3.63, 3.8) is 0 Å². The lowest BCUT2D eigenvalue weighted by atomic mass is 10.1. The Kier molecular flexibility index (Phi) is 3.70. The van der Waals surface area contributed by atoms with E-state index in [2.05, 4.69) is 4.18 Å². The fraction of sp³-hybridized carbons (Fsp3) is 0.250. The smallest absolute Gasteiger partial charge is 0.446 e. The van der Waals surface area contributed by atoms with Crippen LogP contribution in [0, 0.1) is 0 Å². The van der Waals surface area contributed by atoms with Crippen molar-refractivity contribution in [2.45, 2.75) is 6.10 Å². The minimum atomic E-state index is -4.71. The minimum absolute atomic E-state index is 0.183. The molecule has 0 aliphatic carbocycles. The maximum absolute atomic E-state index is 10.4. The van der Waals surface area contributed by atoms with Crippen LogP contribution in [0.15, 0.2) is 18.2 Å². The third-order valence-corrected chi connectivity index (χ3v) is 2.13. The summed E-state index contributed by atoms with van der Waals surface area (Å²) in [6.45, 7) is -0.544. The average molecular weight is 250 g/mol. The molecule has 16 heavy (non-hydrogen) atoms. The summed E-state index contributed by atoms with van der Waals surface area (Å²) in [7, 11) is -4.71. The van der Waals surface area contributed by atoms with E-state index in [1.807, 2.05) is 0 Å². The van der Waals surface area contributed by atoms with Gasteiger partial charge in [-0.25, -0.2) is 0 Å². The van der Waals surface area contributed by atoms with Gasteiger partial charge in [0.05, 0.1) is 6.61 Å². The summed E-state index contributed by atoms with van der Waals surface area (Å²) < 4.78 is 33.1. The number of aliphatic hydroxyl groups is 2. The van der Waals surface area contributed by atoms with Crippen LogP contribution in [0.3, 0.4) is 0 Å². The molecule has 1 rings (SSSR count). The van der Waals surface area contributed by atoms with E-state index in [1.165, 1.54) is 6.07 Å². The van der Waals surface area contributed by atoms with Gasteiger partial charge in [-0.15, -0.1) is 0 Å². The first-order chi connectivity index (χ1) is 7.33. The molecule has 0 bridgehead atoms. The van der Waals surface area contributed by atoms with Gasteiger partial charge < -0.3 is 19.5 Å². The lowest BCUT2D eigenvalue weighted by molar-refractivity contribution is 0.0954.